The molecule has 0 bridgehead atoms. The summed E-state index contributed by atoms with van der Waals surface area (Å²) in [5.41, 5.74) is 0.901. The highest BCUT2D eigenvalue weighted by molar-refractivity contribution is 5.93. The van der Waals surface area contributed by atoms with E-state index in [-0.39, 0.29) is 30.0 Å². The predicted octanol–water partition coefficient (Wildman–Crippen LogP) is 1.52. The van der Waals surface area contributed by atoms with E-state index in [1.165, 1.54) is 28.8 Å². The molecule has 2 atom stereocenters. The van der Waals surface area contributed by atoms with Gasteiger partial charge in [0.1, 0.15) is 5.82 Å². The molecule has 1 amide bonds. The molecule has 122 valence electrons. The Hall–Kier alpha value is -2.41. The SMILES string of the molecule is COc1cc(C(=O)N2C[C@H](O)C[C@@H]2c2cccc(F)c2)nn1C. The van der Waals surface area contributed by atoms with E-state index in [0.717, 1.165) is 0 Å². The molecule has 0 spiro atoms. The second kappa shape index (κ2) is 6.00. The number of amides is 1. The molecule has 0 aliphatic carbocycles. The molecule has 0 saturated carbocycles. The van der Waals surface area contributed by atoms with E-state index >= 15 is 0 Å². The quantitative estimate of drug-likeness (QED) is 0.931. The Morgan fingerprint density at radius 3 is 2.87 bits per heavy atom. The average molecular weight is 319 g/mol. The standard InChI is InChI=1S/C16H18FN3O3/c1-19-15(23-2)8-13(18-19)16(22)20-9-12(21)7-14(20)10-4-3-5-11(17)6-10/h3-6,8,12,14,21H,7,9H2,1-2H3/t12-,14-/m1/s1. The van der Waals surface area contributed by atoms with Crippen molar-refractivity contribution < 1.29 is 19.0 Å². The molecule has 0 radical (unpaired) electrons. The van der Waals surface area contributed by atoms with Crippen LogP contribution in [0.5, 0.6) is 5.88 Å². The summed E-state index contributed by atoms with van der Waals surface area (Å²) in [4.78, 5) is 14.3. The van der Waals surface area contributed by atoms with E-state index in [0.29, 0.717) is 17.9 Å². The van der Waals surface area contributed by atoms with Gasteiger partial charge in [-0.15, -0.1) is 0 Å². The summed E-state index contributed by atoms with van der Waals surface area (Å²) in [5.74, 6) is -0.207. The van der Waals surface area contributed by atoms with E-state index in [4.69, 9.17) is 4.74 Å². The Kier molecular flexibility index (Phi) is 4.04. The number of ether oxygens (including phenoxy) is 1. The van der Waals surface area contributed by atoms with Crippen LogP contribution in [0.4, 0.5) is 4.39 Å². The number of aromatic nitrogens is 2. The highest BCUT2D eigenvalue weighted by atomic mass is 19.1. The van der Waals surface area contributed by atoms with E-state index in [1.54, 1.807) is 25.2 Å². The van der Waals surface area contributed by atoms with Crippen LogP contribution in [0.2, 0.25) is 0 Å². The smallest absolute Gasteiger partial charge is 0.275 e. The van der Waals surface area contributed by atoms with Crippen LogP contribution in [-0.2, 0) is 7.05 Å². The number of hydrogen-bond acceptors (Lipinski definition) is 4. The Morgan fingerprint density at radius 1 is 1.43 bits per heavy atom. The molecule has 7 heteroatoms. The third-order valence-electron chi connectivity index (χ3n) is 4.04. The van der Waals surface area contributed by atoms with Crippen LogP contribution in [0.1, 0.15) is 28.5 Å². The maximum Gasteiger partial charge on any atom is 0.275 e. The van der Waals surface area contributed by atoms with Crippen molar-refractivity contribution in [3.8, 4) is 5.88 Å². The summed E-state index contributed by atoms with van der Waals surface area (Å²) in [6.07, 6.45) is -0.267. The number of carbonyl (C=O) groups is 1. The van der Waals surface area contributed by atoms with Gasteiger partial charge in [-0.3, -0.25) is 4.79 Å². The molecule has 1 aliphatic rings. The van der Waals surface area contributed by atoms with E-state index < -0.39 is 6.10 Å². The van der Waals surface area contributed by atoms with Gasteiger partial charge in [-0.1, -0.05) is 12.1 Å². The fourth-order valence-corrected chi connectivity index (χ4v) is 2.96. The van der Waals surface area contributed by atoms with E-state index in [2.05, 4.69) is 5.10 Å². The number of β-amino-alcohol motifs (C(OH)–C–C–N with tert-alkyl or cyclic N) is 1. The number of hydrogen-bond donors (Lipinski definition) is 1. The van der Waals surface area contributed by atoms with Crippen molar-refractivity contribution in [1.29, 1.82) is 0 Å². The molecule has 3 rings (SSSR count). The summed E-state index contributed by atoms with van der Waals surface area (Å²) < 4.78 is 20.1. The van der Waals surface area contributed by atoms with Crippen molar-refractivity contribution in [1.82, 2.24) is 14.7 Å². The number of carbonyl (C=O) groups excluding carboxylic acids is 1. The Morgan fingerprint density at radius 2 is 2.22 bits per heavy atom. The summed E-state index contributed by atoms with van der Waals surface area (Å²) in [7, 11) is 3.18. The van der Waals surface area contributed by atoms with Gasteiger partial charge >= 0.3 is 0 Å². The second-order valence-corrected chi connectivity index (χ2v) is 5.61. The van der Waals surface area contributed by atoms with Crippen molar-refractivity contribution in [2.24, 2.45) is 7.05 Å². The molecule has 1 aliphatic heterocycles. The van der Waals surface area contributed by atoms with Gasteiger partial charge < -0.3 is 14.7 Å². The normalized spacial score (nSPS) is 20.8. The van der Waals surface area contributed by atoms with Gasteiger partial charge in [-0.05, 0) is 24.1 Å². The number of likely N-dealkylation sites (tertiary alicyclic amines) is 1. The van der Waals surface area contributed by atoms with Crippen LogP contribution in [-0.4, -0.2) is 45.5 Å². The number of aliphatic hydroxyl groups is 1. The topological polar surface area (TPSA) is 67.6 Å². The van der Waals surface area contributed by atoms with Crippen LogP contribution in [0.3, 0.4) is 0 Å². The van der Waals surface area contributed by atoms with E-state index in [1.807, 2.05) is 0 Å². The summed E-state index contributed by atoms with van der Waals surface area (Å²) in [6, 6.07) is 7.27. The van der Waals surface area contributed by atoms with Crippen LogP contribution >= 0.6 is 0 Å². The number of benzene rings is 1. The first-order valence-electron chi connectivity index (χ1n) is 7.32. The number of rotatable bonds is 3. The molecule has 0 unspecified atom stereocenters. The first-order chi connectivity index (χ1) is 11.0. The lowest BCUT2D eigenvalue weighted by Crippen LogP contribution is -2.32. The molecule has 2 aromatic rings. The second-order valence-electron chi connectivity index (χ2n) is 5.61. The number of nitrogens with zero attached hydrogens (tertiary/aromatic N) is 3. The lowest BCUT2D eigenvalue weighted by Gasteiger charge is -2.24. The highest BCUT2D eigenvalue weighted by Crippen LogP contribution is 2.33. The molecule has 1 aromatic carbocycles. The molecule has 1 saturated heterocycles. The minimum Gasteiger partial charge on any atom is -0.481 e. The minimum absolute atomic E-state index is 0.193. The first-order valence-corrected chi connectivity index (χ1v) is 7.32. The molecule has 6 nitrogen and oxygen atoms in total. The highest BCUT2D eigenvalue weighted by Gasteiger charge is 2.37. The Bertz CT molecular complexity index is 731. The van der Waals surface area contributed by atoms with Crippen molar-refractivity contribution in [3.05, 3.63) is 47.4 Å². The van der Waals surface area contributed by atoms with Gasteiger partial charge in [-0.2, -0.15) is 5.10 Å². The van der Waals surface area contributed by atoms with Crippen molar-refractivity contribution in [3.63, 3.8) is 0 Å². The van der Waals surface area contributed by atoms with Crippen LogP contribution in [0.25, 0.3) is 0 Å². The van der Waals surface area contributed by atoms with Crippen molar-refractivity contribution in [2.75, 3.05) is 13.7 Å². The number of halogens is 1. The zero-order valence-corrected chi connectivity index (χ0v) is 12.9. The van der Waals surface area contributed by atoms with Crippen LogP contribution in [0.15, 0.2) is 30.3 Å². The van der Waals surface area contributed by atoms with Crippen LogP contribution in [0, 0.1) is 5.82 Å². The monoisotopic (exact) mass is 319 g/mol. The van der Waals surface area contributed by atoms with Gasteiger partial charge in [0.25, 0.3) is 5.91 Å². The molecule has 1 aromatic heterocycles. The first kappa shape index (κ1) is 15.5. The van der Waals surface area contributed by atoms with Crippen molar-refractivity contribution >= 4 is 5.91 Å². The van der Waals surface area contributed by atoms with Gasteiger partial charge in [0.2, 0.25) is 5.88 Å². The summed E-state index contributed by atoms with van der Waals surface area (Å²) >= 11 is 0. The summed E-state index contributed by atoms with van der Waals surface area (Å²) in [5, 5.41) is 14.1. The number of aliphatic hydroxyl groups excluding tert-OH is 1. The fraction of sp³-hybridized carbons (Fsp3) is 0.375. The largest absolute Gasteiger partial charge is 0.481 e. The van der Waals surface area contributed by atoms with Gasteiger partial charge in [0, 0.05) is 19.7 Å². The zero-order chi connectivity index (χ0) is 16.6. The number of aryl methyl sites for hydroxylation is 1. The molecular weight excluding hydrogens is 301 g/mol. The predicted molar refractivity (Wildman–Crippen MR) is 80.6 cm³/mol. The molecular formula is C16H18FN3O3. The minimum atomic E-state index is -0.641. The van der Waals surface area contributed by atoms with E-state index in [9.17, 15) is 14.3 Å². The maximum atomic E-state index is 13.5. The van der Waals surface area contributed by atoms with Gasteiger partial charge in [0.15, 0.2) is 5.69 Å². The van der Waals surface area contributed by atoms with Crippen molar-refractivity contribution in [2.45, 2.75) is 18.6 Å². The molecule has 1 N–H and O–H groups in total. The zero-order valence-electron chi connectivity index (χ0n) is 12.9. The Labute approximate surface area is 133 Å². The third kappa shape index (κ3) is 2.92. The maximum absolute atomic E-state index is 13.5. The average Bonchev–Trinajstić information content (AvgIpc) is 3.09. The lowest BCUT2D eigenvalue weighted by atomic mass is 10.0. The summed E-state index contributed by atoms with van der Waals surface area (Å²) in [6.45, 7) is 0.193. The van der Waals surface area contributed by atoms with Gasteiger partial charge in [0.05, 0.1) is 19.3 Å². The molecule has 1 fully saturated rings. The fourth-order valence-electron chi connectivity index (χ4n) is 2.96. The van der Waals surface area contributed by atoms with Gasteiger partial charge in [-0.25, -0.2) is 9.07 Å². The third-order valence-corrected chi connectivity index (χ3v) is 4.04. The number of methoxy groups -OCH3 is 1. The molecule has 23 heavy (non-hydrogen) atoms. The molecule has 2 heterocycles. The lowest BCUT2D eigenvalue weighted by molar-refractivity contribution is 0.0709. The Balaban J connectivity index is 1.91. The van der Waals surface area contributed by atoms with Crippen LogP contribution < -0.4 is 4.74 Å².